The summed E-state index contributed by atoms with van der Waals surface area (Å²) in [5, 5.41) is 5.43. The van der Waals surface area contributed by atoms with Crippen LogP contribution in [-0.4, -0.2) is 44.0 Å². The van der Waals surface area contributed by atoms with Crippen LogP contribution in [0.25, 0.3) is 0 Å². The van der Waals surface area contributed by atoms with Crippen LogP contribution in [-0.2, 0) is 9.59 Å². The first-order chi connectivity index (χ1) is 12.4. The molecule has 0 radical (unpaired) electrons. The van der Waals surface area contributed by atoms with E-state index in [2.05, 4.69) is 10.6 Å². The Bertz CT molecular complexity index is 778. The number of carbonyl (C=O) groups excluding carboxylic acids is 2. The molecule has 2 aromatic carbocycles. The summed E-state index contributed by atoms with van der Waals surface area (Å²) in [4.78, 5) is 25.8. The molecule has 2 amide bonds. The average molecular weight is 359 g/mol. The van der Waals surface area contributed by atoms with Crippen LogP contribution in [0.15, 0.2) is 42.5 Å². The number of carbonyl (C=O) groups is 2. The zero-order chi connectivity index (χ0) is 19.1. The van der Waals surface area contributed by atoms with Gasteiger partial charge in [0.15, 0.2) is 0 Å². The molecule has 2 N–H and O–H groups in total. The standard InChI is InChI=1S/C19H22FN3O3/c1-13-4-9-17(26-3)16(10-13)22-19(25)12-23(2)11-18(24)21-15-7-5-14(20)6-8-15/h4-10H,11-12H2,1-3H3,(H,21,24)(H,22,25). The van der Waals surface area contributed by atoms with Gasteiger partial charge in [-0.25, -0.2) is 4.39 Å². The van der Waals surface area contributed by atoms with Crippen LogP contribution in [0, 0.1) is 12.7 Å². The van der Waals surface area contributed by atoms with Crippen molar-refractivity contribution in [3.63, 3.8) is 0 Å². The van der Waals surface area contributed by atoms with E-state index in [1.165, 1.54) is 31.4 Å². The number of likely N-dealkylation sites (N-methyl/N-ethyl adjacent to an activating group) is 1. The van der Waals surface area contributed by atoms with Gasteiger partial charge in [-0.05, 0) is 55.9 Å². The summed E-state index contributed by atoms with van der Waals surface area (Å²) in [6, 6.07) is 11.0. The van der Waals surface area contributed by atoms with E-state index in [9.17, 15) is 14.0 Å². The van der Waals surface area contributed by atoms with Crippen LogP contribution >= 0.6 is 0 Å². The van der Waals surface area contributed by atoms with Gasteiger partial charge in [0.25, 0.3) is 0 Å². The number of methoxy groups -OCH3 is 1. The molecule has 0 bridgehead atoms. The molecule has 0 aliphatic carbocycles. The fourth-order valence-corrected chi connectivity index (χ4v) is 2.39. The molecule has 2 rings (SSSR count). The molecular formula is C19H22FN3O3. The van der Waals surface area contributed by atoms with Gasteiger partial charge in [0.2, 0.25) is 11.8 Å². The van der Waals surface area contributed by atoms with Gasteiger partial charge in [-0.15, -0.1) is 0 Å². The van der Waals surface area contributed by atoms with Crippen LogP contribution in [0.3, 0.4) is 0 Å². The highest BCUT2D eigenvalue weighted by molar-refractivity contribution is 5.95. The summed E-state index contributed by atoms with van der Waals surface area (Å²) in [6.45, 7) is 1.98. The van der Waals surface area contributed by atoms with Crippen LogP contribution in [0.5, 0.6) is 5.75 Å². The van der Waals surface area contributed by atoms with E-state index < -0.39 is 0 Å². The summed E-state index contributed by atoms with van der Waals surface area (Å²) in [5.74, 6) is -0.352. The maximum absolute atomic E-state index is 12.9. The molecule has 0 aliphatic rings. The maximum Gasteiger partial charge on any atom is 0.238 e. The van der Waals surface area contributed by atoms with E-state index in [4.69, 9.17) is 4.74 Å². The average Bonchev–Trinajstić information content (AvgIpc) is 2.56. The lowest BCUT2D eigenvalue weighted by Crippen LogP contribution is -2.36. The number of hydrogen-bond acceptors (Lipinski definition) is 4. The lowest BCUT2D eigenvalue weighted by molar-refractivity contribution is -0.119. The molecule has 0 saturated heterocycles. The Morgan fingerprint density at radius 2 is 1.65 bits per heavy atom. The predicted molar refractivity (Wildman–Crippen MR) is 98.9 cm³/mol. The second kappa shape index (κ2) is 8.96. The molecule has 0 heterocycles. The predicted octanol–water partition coefficient (Wildman–Crippen LogP) is 2.65. The van der Waals surface area contributed by atoms with Crippen LogP contribution < -0.4 is 15.4 Å². The minimum Gasteiger partial charge on any atom is -0.495 e. The van der Waals surface area contributed by atoms with Gasteiger partial charge in [-0.3, -0.25) is 14.5 Å². The highest BCUT2D eigenvalue weighted by Crippen LogP contribution is 2.25. The highest BCUT2D eigenvalue weighted by Gasteiger charge is 2.13. The van der Waals surface area contributed by atoms with E-state index in [-0.39, 0.29) is 30.7 Å². The summed E-state index contributed by atoms with van der Waals surface area (Å²) in [5.41, 5.74) is 2.08. The van der Waals surface area contributed by atoms with Crippen molar-refractivity contribution in [3.8, 4) is 5.75 Å². The van der Waals surface area contributed by atoms with E-state index in [0.717, 1.165) is 5.56 Å². The summed E-state index contributed by atoms with van der Waals surface area (Å²) in [6.07, 6.45) is 0. The first-order valence-electron chi connectivity index (χ1n) is 8.06. The van der Waals surface area contributed by atoms with E-state index in [1.54, 1.807) is 18.0 Å². The lowest BCUT2D eigenvalue weighted by Gasteiger charge is -2.17. The number of rotatable bonds is 7. The van der Waals surface area contributed by atoms with Crippen molar-refractivity contribution in [2.45, 2.75) is 6.92 Å². The number of ether oxygens (including phenoxy) is 1. The Labute approximate surface area is 152 Å². The van der Waals surface area contributed by atoms with Crippen molar-refractivity contribution in [1.29, 1.82) is 0 Å². The maximum atomic E-state index is 12.9. The number of hydrogen-bond donors (Lipinski definition) is 2. The zero-order valence-electron chi connectivity index (χ0n) is 15.0. The fourth-order valence-electron chi connectivity index (χ4n) is 2.39. The van der Waals surface area contributed by atoms with Gasteiger partial charge in [0.1, 0.15) is 11.6 Å². The van der Waals surface area contributed by atoms with E-state index in [0.29, 0.717) is 17.1 Å². The van der Waals surface area contributed by atoms with Crippen molar-refractivity contribution in [2.24, 2.45) is 0 Å². The van der Waals surface area contributed by atoms with Crippen LogP contribution in [0.2, 0.25) is 0 Å². The third-order valence-electron chi connectivity index (χ3n) is 3.58. The Balaban J connectivity index is 1.86. The molecule has 0 aliphatic heterocycles. The van der Waals surface area contributed by atoms with Crippen LogP contribution in [0.4, 0.5) is 15.8 Å². The number of anilines is 2. The smallest absolute Gasteiger partial charge is 0.238 e. The summed E-state index contributed by atoms with van der Waals surface area (Å²) in [7, 11) is 3.20. The largest absolute Gasteiger partial charge is 0.495 e. The lowest BCUT2D eigenvalue weighted by atomic mass is 10.2. The number of nitrogens with zero attached hydrogens (tertiary/aromatic N) is 1. The van der Waals surface area contributed by atoms with Crippen molar-refractivity contribution in [3.05, 3.63) is 53.8 Å². The van der Waals surface area contributed by atoms with Crippen LogP contribution in [0.1, 0.15) is 5.56 Å². The van der Waals surface area contributed by atoms with Gasteiger partial charge >= 0.3 is 0 Å². The highest BCUT2D eigenvalue weighted by atomic mass is 19.1. The van der Waals surface area contributed by atoms with Gasteiger partial charge in [0.05, 0.1) is 25.9 Å². The van der Waals surface area contributed by atoms with Gasteiger partial charge in [-0.2, -0.15) is 0 Å². The summed E-state index contributed by atoms with van der Waals surface area (Å²) >= 11 is 0. The number of halogens is 1. The molecule has 0 spiro atoms. The Hall–Kier alpha value is -2.93. The number of aryl methyl sites for hydroxylation is 1. The van der Waals surface area contributed by atoms with Gasteiger partial charge in [0, 0.05) is 5.69 Å². The third kappa shape index (κ3) is 5.86. The monoisotopic (exact) mass is 359 g/mol. The van der Waals surface area contributed by atoms with Crippen molar-refractivity contribution in [2.75, 3.05) is 37.9 Å². The van der Waals surface area contributed by atoms with E-state index >= 15 is 0 Å². The Kier molecular flexibility index (Phi) is 6.68. The molecule has 0 saturated carbocycles. The normalized spacial score (nSPS) is 10.5. The quantitative estimate of drug-likeness (QED) is 0.797. The number of benzene rings is 2. The second-order valence-corrected chi connectivity index (χ2v) is 5.98. The Morgan fingerprint density at radius 1 is 1.04 bits per heavy atom. The first-order valence-corrected chi connectivity index (χ1v) is 8.06. The fraction of sp³-hybridized carbons (Fsp3) is 0.263. The summed E-state index contributed by atoms with van der Waals surface area (Å²) < 4.78 is 18.1. The number of amides is 2. The van der Waals surface area contributed by atoms with Gasteiger partial charge < -0.3 is 15.4 Å². The molecule has 6 nitrogen and oxygen atoms in total. The molecule has 7 heteroatoms. The molecule has 138 valence electrons. The minimum atomic E-state index is -0.372. The second-order valence-electron chi connectivity index (χ2n) is 5.98. The van der Waals surface area contributed by atoms with E-state index in [1.807, 2.05) is 19.1 Å². The molecule has 0 unspecified atom stereocenters. The topological polar surface area (TPSA) is 70.7 Å². The van der Waals surface area contributed by atoms with Crippen molar-refractivity contribution >= 4 is 23.2 Å². The third-order valence-corrected chi connectivity index (χ3v) is 3.58. The zero-order valence-corrected chi connectivity index (χ0v) is 15.0. The van der Waals surface area contributed by atoms with Crippen molar-refractivity contribution in [1.82, 2.24) is 4.90 Å². The molecule has 2 aromatic rings. The molecular weight excluding hydrogens is 337 g/mol. The molecule has 0 fully saturated rings. The SMILES string of the molecule is COc1ccc(C)cc1NC(=O)CN(C)CC(=O)Nc1ccc(F)cc1. The first kappa shape index (κ1) is 19.4. The van der Waals surface area contributed by atoms with Gasteiger partial charge in [-0.1, -0.05) is 6.07 Å². The Morgan fingerprint density at radius 3 is 2.27 bits per heavy atom. The number of nitrogens with one attached hydrogen (secondary N) is 2. The minimum absolute atomic E-state index is 0.0236. The molecule has 0 aromatic heterocycles. The molecule has 0 atom stereocenters. The molecule has 26 heavy (non-hydrogen) atoms. The van der Waals surface area contributed by atoms with Crippen molar-refractivity contribution < 1.29 is 18.7 Å².